The van der Waals surface area contributed by atoms with Crippen LogP contribution in [0.3, 0.4) is 0 Å². The van der Waals surface area contributed by atoms with E-state index in [1.165, 1.54) is 0 Å². The molecule has 2 heterocycles. The molecule has 0 saturated carbocycles. The number of rotatable bonds is 5. The number of ether oxygens (including phenoxy) is 1. The number of carbonyl (C=O) groups excluding carboxylic acids is 1. The third kappa shape index (κ3) is 3.70. The minimum absolute atomic E-state index is 0.0774. The quantitative estimate of drug-likeness (QED) is 0.865. The summed E-state index contributed by atoms with van der Waals surface area (Å²) in [7, 11) is 0. The van der Waals surface area contributed by atoms with Crippen LogP contribution in [-0.4, -0.2) is 36.2 Å². The highest BCUT2D eigenvalue weighted by atomic mass is 16.5. The molecule has 1 amide bonds. The van der Waals surface area contributed by atoms with E-state index in [0.717, 1.165) is 37.5 Å². The Morgan fingerprint density at radius 2 is 2.30 bits per heavy atom. The first-order valence-corrected chi connectivity index (χ1v) is 7.17. The van der Waals surface area contributed by atoms with Crippen molar-refractivity contribution in [2.24, 2.45) is 0 Å². The summed E-state index contributed by atoms with van der Waals surface area (Å²) in [6.45, 7) is 8.04. The standard InChI is InChI=1S/C15H23N3O2/c1-4-16-13-9-12(8-11(2)18-13)14(19)17-10-15(3)6-5-7-20-15/h8-9H,4-7,10H2,1-3H3,(H,16,18)(H,17,19). The lowest BCUT2D eigenvalue weighted by atomic mass is 10.0. The summed E-state index contributed by atoms with van der Waals surface area (Å²) in [4.78, 5) is 16.6. The van der Waals surface area contributed by atoms with Crippen LogP contribution in [0.4, 0.5) is 5.82 Å². The number of aryl methyl sites for hydroxylation is 1. The second kappa shape index (κ2) is 6.22. The second-order valence-electron chi connectivity index (χ2n) is 5.50. The zero-order valence-electron chi connectivity index (χ0n) is 12.5. The number of aromatic nitrogens is 1. The molecule has 5 heteroatoms. The van der Waals surface area contributed by atoms with Crippen molar-refractivity contribution in [1.82, 2.24) is 10.3 Å². The van der Waals surface area contributed by atoms with Crippen LogP contribution in [0.2, 0.25) is 0 Å². The fraction of sp³-hybridized carbons (Fsp3) is 0.600. The summed E-state index contributed by atoms with van der Waals surface area (Å²) >= 11 is 0. The maximum atomic E-state index is 12.2. The minimum Gasteiger partial charge on any atom is -0.373 e. The van der Waals surface area contributed by atoms with Crippen molar-refractivity contribution in [3.63, 3.8) is 0 Å². The van der Waals surface area contributed by atoms with Gasteiger partial charge in [0, 0.05) is 31.0 Å². The van der Waals surface area contributed by atoms with Gasteiger partial charge < -0.3 is 15.4 Å². The Kier molecular flexibility index (Phi) is 4.60. The molecule has 1 aromatic heterocycles. The van der Waals surface area contributed by atoms with Gasteiger partial charge in [0.25, 0.3) is 5.91 Å². The van der Waals surface area contributed by atoms with E-state index in [1.807, 2.05) is 20.8 Å². The molecule has 110 valence electrons. The Morgan fingerprint density at radius 3 is 2.95 bits per heavy atom. The van der Waals surface area contributed by atoms with Gasteiger partial charge in [-0.1, -0.05) is 0 Å². The van der Waals surface area contributed by atoms with E-state index in [2.05, 4.69) is 15.6 Å². The molecule has 0 radical (unpaired) electrons. The molecular formula is C15H23N3O2. The van der Waals surface area contributed by atoms with Gasteiger partial charge in [0.15, 0.2) is 0 Å². The molecule has 0 aromatic carbocycles. The van der Waals surface area contributed by atoms with Crippen molar-refractivity contribution in [2.75, 3.05) is 25.0 Å². The van der Waals surface area contributed by atoms with E-state index < -0.39 is 0 Å². The summed E-state index contributed by atoms with van der Waals surface area (Å²) in [5.74, 6) is 0.660. The summed E-state index contributed by atoms with van der Waals surface area (Å²) in [6, 6.07) is 3.58. The molecule has 0 aliphatic carbocycles. The lowest BCUT2D eigenvalue weighted by Crippen LogP contribution is -2.40. The molecule has 1 aliphatic heterocycles. The van der Waals surface area contributed by atoms with Gasteiger partial charge in [-0.2, -0.15) is 0 Å². The molecular weight excluding hydrogens is 254 g/mol. The second-order valence-corrected chi connectivity index (χ2v) is 5.50. The van der Waals surface area contributed by atoms with Crippen LogP contribution in [-0.2, 0) is 4.74 Å². The maximum absolute atomic E-state index is 12.2. The maximum Gasteiger partial charge on any atom is 0.251 e. The predicted octanol–water partition coefficient (Wildman–Crippen LogP) is 2.12. The van der Waals surface area contributed by atoms with Crippen LogP contribution in [0.25, 0.3) is 0 Å². The molecule has 1 unspecified atom stereocenters. The lowest BCUT2D eigenvalue weighted by molar-refractivity contribution is 0.0206. The fourth-order valence-electron chi connectivity index (χ4n) is 2.42. The summed E-state index contributed by atoms with van der Waals surface area (Å²) in [5, 5.41) is 6.09. The van der Waals surface area contributed by atoms with Crippen molar-refractivity contribution in [1.29, 1.82) is 0 Å². The molecule has 1 atom stereocenters. The minimum atomic E-state index is -0.220. The number of nitrogens with one attached hydrogen (secondary N) is 2. The van der Waals surface area contributed by atoms with E-state index in [4.69, 9.17) is 4.74 Å². The van der Waals surface area contributed by atoms with Crippen LogP contribution in [0.15, 0.2) is 12.1 Å². The third-order valence-corrected chi connectivity index (χ3v) is 3.50. The predicted molar refractivity (Wildman–Crippen MR) is 79.1 cm³/mol. The van der Waals surface area contributed by atoms with E-state index in [1.54, 1.807) is 12.1 Å². The first kappa shape index (κ1) is 14.8. The molecule has 1 saturated heterocycles. The van der Waals surface area contributed by atoms with E-state index in [0.29, 0.717) is 12.1 Å². The van der Waals surface area contributed by atoms with Crippen LogP contribution in [0.1, 0.15) is 42.7 Å². The molecule has 0 bridgehead atoms. The van der Waals surface area contributed by atoms with Gasteiger partial charge in [0.1, 0.15) is 5.82 Å². The zero-order valence-corrected chi connectivity index (χ0v) is 12.5. The normalized spacial score (nSPS) is 21.8. The molecule has 1 aliphatic rings. The van der Waals surface area contributed by atoms with Gasteiger partial charge >= 0.3 is 0 Å². The number of anilines is 1. The van der Waals surface area contributed by atoms with Crippen molar-refractivity contribution >= 4 is 11.7 Å². The lowest BCUT2D eigenvalue weighted by Gasteiger charge is -2.23. The number of pyridine rings is 1. The van der Waals surface area contributed by atoms with Crippen LogP contribution < -0.4 is 10.6 Å². The molecule has 5 nitrogen and oxygen atoms in total. The van der Waals surface area contributed by atoms with Crippen molar-refractivity contribution < 1.29 is 9.53 Å². The molecule has 1 aromatic rings. The number of amides is 1. The van der Waals surface area contributed by atoms with E-state index in [-0.39, 0.29) is 11.5 Å². The number of hydrogen-bond donors (Lipinski definition) is 2. The van der Waals surface area contributed by atoms with Gasteiger partial charge in [-0.15, -0.1) is 0 Å². The van der Waals surface area contributed by atoms with E-state index in [9.17, 15) is 4.79 Å². The van der Waals surface area contributed by atoms with Gasteiger partial charge in [-0.05, 0) is 45.7 Å². The highest BCUT2D eigenvalue weighted by Crippen LogP contribution is 2.24. The van der Waals surface area contributed by atoms with E-state index >= 15 is 0 Å². The topological polar surface area (TPSA) is 63.2 Å². The van der Waals surface area contributed by atoms with Gasteiger partial charge in [-0.3, -0.25) is 4.79 Å². The fourth-order valence-corrected chi connectivity index (χ4v) is 2.42. The Bertz CT molecular complexity index is 482. The highest BCUT2D eigenvalue weighted by Gasteiger charge is 2.30. The largest absolute Gasteiger partial charge is 0.373 e. The first-order chi connectivity index (χ1) is 9.52. The number of hydrogen-bond acceptors (Lipinski definition) is 4. The smallest absolute Gasteiger partial charge is 0.251 e. The third-order valence-electron chi connectivity index (χ3n) is 3.50. The molecule has 1 fully saturated rings. The van der Waals surface area contributed by atoms with Gasteiger partial charge in [0.05, 0.1) is 5.60 Å². The summed E-state index contributed by atoms with van der Waals surface area (Å²) < 4.78 is 5.67. The van der Waals surface area contributed by atoms with Crippen molar-refractivity contribution in [3.8, 4) is 0 Å². The molecule has 0 spiro atoms. The van der Waals surface area contributed by atoms with Crippen LogP contribution >= 0.6 is 0 Å². The summed E-state index contributed by atoms with van der Waals surface area (Å²) in [6.07, 6.45) is 2.05. The van der Waals surface area contributed by atoms with Crippen molar-refractivity contribution in [3.05, 3.63) is 23.4 Å². The first-order valence-electron chi connectivity index (χ1n) is 7.17. The molecule has 2 rings (SSSR count). The van der Waals surface area contributed by atoms with Gasteiger partial charge in [-0.25, -0.2) is 4.98 Å². The monoisotopic (exact) mass is 277 g/mol. The Morgan fingerprint density at radius 1 is 1.50 bits per heavy atom. The zero-order chi connectivity index (χ0) is 14.6. The Hall–Kier alpha value is -1.62. The average molecular weight is 277 g/mol. The SMILES string of the molecule is CCNc1cc(C(=O)NCC2(C)CCCO2)cc(C)n1. The Balaban J connectivity index is 2.01. The van der Waals surface area contributed by atoms with Crippen molar-refractivity contribution in [2.45, 2.75) is 39.2 Å². The summed E-state index contributed by atoms with van der Waals surface area (Å²) in [5.41, 5.74) is 1.24. The Labute approximate surface area is 120 Å². The number of carbonyl (C=O) groups is 1. The highest BCUT2D eigenvalue weighted by molar-refractivity contribution is 5.95. The number of nitrogens with zero attached hydrogens (tertiary/aromatic N) is 1. The van der Waals surface area contributed by atoms with Crippen LogP contribution in [0.5, 0.6) is 0 Å². The molecule has 2 N–H and O–H groups in total. The molecule has 20 heavy (non-hydrogen) atoms. The average Bonchev–Trinajstić information content (AvgIpc) is 2.83. The van der Waals surface area contributed by atoms with Crippen LogP contribution in [0, 0.1) is 6.92 Å². The van der Waals surface area contributed by atoms with Gasteiger partial charge in [0.2, 0.25) is 0 Å².